The summed E-state index contributed by atoms with van der Waals surface area (Å²) >= 11 is 1.58. The van der Waals surface area contributed by atoms with Gasteiger partial charge in [0, 0.05) is 11.9 Å². The van der Waals surface area contributed by atoms with Gasteiger partial charge in [-0.25, -0.2) is 0 Å². The molecule has 3 rings (SSSR count). The van der Waals surface area contributed by atoms with Crippen molar-refractivity contribution in [2.45, 2.75) is 26.2 Å². The van der Waals surface area contributed by atoms with Crippen molar-refractivity contribution in [2.24, 2.45) is 5.41 Å². The summed E-state index contributed by atoms with van der Waals surface area (Å²) in [6.07, 6.45) is 4.11. The van der Waals surface area contributed by atoms with E-state index in [1.165, 1.54) is 29.6 Å². The molecule has 0 saturated heterocycles. The Morgan fingerprint density at radius 3 is 2.94 bits per heavy atom. The van der Waals surface area contributed by atoms with E-state index >= 15 is 0 Å². The Morgan fingerprint density at radius 1 is 1.38 bits per heavy atom. The van der Waals surface area contributed by atoms with Crippen molar-refractivity contribution in [3.8, 4) is 0 Å². The van der Waals surface area contributed by atoms with Crippen molar-refractivity contribution >= 4 is 27.4 Å². The van der Waals surface area contributed by atoms with E-state index < -0.39 is 0 Å². The molecule has 0 aliphatic heterocycles. The molecule has 16 heavy (non-hydrogen) atoms. The smallest absolute Gasteiger partial charge is 0.117 e. The van der Waals surface area contributed by atoms with Gasteiger partial charge >= 0.3 is 0 Å². The van der Waals surface area contributed by atoms with Crippen LogP contribution < -0.4 is 5.32 Å². The quantitative estimate of drug-likeness (QED) is 0.868. The van der Waals surface area contributed by atoms with E-state index in [0.29, 0.717) is 5.41 Å². The van der Waals surface area contributed by atoms with Crippen molar-refractivity contribution in [3.05, 3.63) is 24.3 Å². The fourth-order valence-corrected chi connectivity index (χ4v) is 3.02. The molecular weight excluding hydrogens is 216 g/mol. The molecule has 0 atom stereocenters. The average Bonchev–Trinajstić information content (AvgIpc) is 2.67. The zero-order valence-electron chi connectivity index (χ0n) is 9.49. The normalized spacial score (nSPS) is 18.3. The highest BCUT2D eigenvalue weighted by molar-refractivity contribution is 7.11. The first-order chi connectivity index (χ1) is 7.77. The highest BCUT2D eigenvalue weighted by Gasteiger charge is 2.31. The first-order valence-corrected chi connectivity index (χ1v) is 6.63. The van der Waals surface area contributed by atoms with E-state index in [1.807, 2.05) is 6.07 Å². The Kier molecular flexibility index (Phi) is 2.36. The van der Waals surface area contributed by atoms with E-state index in [-0.39, 0.29) is 0 Å². The SMILES string of the molecule is CC1(CNc2snc3ccccc23)CCC1. The number of anilines is 1. The number of fused-ring (bicyclic) bond motifs is 1. The van der Waals surface area contributed by atoms with Crippen LogP contribution in [0.5, 0.6) is 0 Å². The number of nitrogens with one attached hydrogen (secondary N) is 1. The molecule has 1 aromatic carbocycles. The molecule has 0 amide bonds. The van der Waals surface area contributed by atoms with Gasteiger partial charge in [-0.3, -0.25) is 0 Å². The molecule has 2 nitrogen and oxygen atoms in total. The maximum absolute atomic E-state index is 4.44. The standard InChI is InChI=1S/C13H16N2S/c1-13(7-4-8-13)9-14-12-10-5-2-3-6-11(10)15-16-12/h2-3,5-6,14H,4,7-9H2,1H3. The van der Waals surface area contributed by atoms with E-state index in [9.17, 15) is 0 Å². The largest absolute Gasteiger partial charge is 0.375 e. The first kappa shape index (κ1) is 10.1. The third kappa shape index (κ3) is 1.69. The highest BCUT2D eigenvalue weighted by Crippen LogP contribution is 2.41. The molecule has 84 valence electrons. The van der Waals surface area contributed by atoms with Crippen LogP contribution >= 0.6 is 11.5 Å². The molecule has 2 aromatic rings. The summed E-state index contributed by atoms with van der Waals surface area (Å²) in [5, 5.41) is 6.05. The third-order valence-electron chi connectivity index (χ3n) is 3.62. The Hall–Kier alpha value is -1.09. The zero-order chi connectivity index (χ0) is 11.0. The van der Waals surface area contributed by atoms with Gasteiger partial charge in [0.15, 0.2) is 0 Å². The number of hydrogen-bond donors (Lipinski definition) is 1. The third-order valence-corrected chi connectivity index (χ3v) is 4.46. The predicted octanol–water partition coefficient (Wildman–Crippen LogP) is 3.90. The molecular formula is C13H16N2S. The minimum absolute atomic E-state index is 0.519. The van der Waals surface area contributed by atoms with Crippen molar-refractivity contribution in [3.63, 3.8) is 0 Å². The number of aromatic nitrogens is 1. The summed E-state index contributed by atoms with van der Waals surface area (Å²) in [7, 11) is 0. The molecule has 0 radical (unpaired) electrons. The summed E-state index contributed by atoms with van der Waals surface area (Å²) in [6.45, 7) is 3.45. The maximum atomic E-state index is 4.44. The van der Waals surface area contributed by atoms with Crippen LogP contribution in [0.3, 0.4) is 0 Å². The second kappa shape index (κ2) is 3.74. The molecule has 1 saturated carbocycles. The highest BCUT2D eigenvalue weighted by atomic mass is 32.1. The van der Waals surface area contributed by atoms with Gasteiger partial charge < -0.3 is 5.32 Å². The fourth-order valence-electron chi connectivity index (χ4n) is 2.27. The summed E-state index contributed by atoms with van der Waals surface area (Å²) in [6, 6.07) is 8.33. The number of nitrogens with zero attached hydrogens (tertiary/aromatic N) is 1. The van der Waals surface area contributed by atoms with Crippen LogP contribution in [0.15, 0.2) is 24.3 Å². The Balaban J connectivity index is 1.79. The van der Waals surface area contributed by atoms with Gasteiger partial charge in [0.05, 0.1) is 5.52 Å². The minimum Gasteiger partial charge on any atom is -0.375 e. The van der Waals surface area contributed by atoms with Gasteiger partial charge in [-0.15, -0.1) is 0 Å². The molecule has 3 heteroatoms. The van der Waals surface area contributed by atoms with Crippen molar-refractivity contribution in [1.29, 1.82) is 0 Å². The van der Waals surface area contributed by atoms with Gasteiger partial charge in [0.2, 0.25) is 0 Å². The average molecular weight is 232 g/mol. The molecule has 1 aliphatic carbocycles. The van der Waals surface area contributed by atoms with E-state index in [1.54, 1.807) is 11.5 Å². The number of rotatable bonds is 3. The van der Waals surface area contributed by atoms with Crippen LogP contribution in [0.1, 0.15) is 26.2 Å². The molecule has 1 N–H and O–H groups in total. The summed E-state index contributed by atoms with van der Waals surface area (Å²) in [4.78, 5) is 0. The second-order valence-corrected chi connectivity index (χ2v) is 5.82. The lowest BCUT2D eigenvalue weighted by atomic mass is 9.70. The minimum atomic E-state index is 0.519. The number of hydrogen-bond acceptors (Lipinski definition) is 3. The monoisotopic (exact) mass is 232 g/mol. The lowest BCUT2D eigenvalue weighted by molar-refractivity contribution is 0.180. The van der Waals surface area contributed by atoms with Crippen LogP contribution in [0.2, 0.25) is 0 Å². The second-order valence-electron chi connectivity index (χ2n) is 5.05. The molecule has 0 unspecified atom stereocenters. The molecule has 1 fully saturated rings. The summed E-state index contributed by atoms with van der Waals surface area (Å²) < 4.78 is 4.44. The van der Waals surface area contributed by atoms with Crippen LogP contribution in [0.25, 0.3) is 10.9 Å². The van der Waals surface area contributed by atoms with Crippen molar-refractivity contribution < 1.29 is 0 Å². The first-order valence-electron chi connectivity index (χ1n) is 5.85. The van der Waals surface area contributed by atoms with Crippen LogP contribution in [-0.2, 0) is 0 Å². The molecule has 1 heterocycles. The molecule has 1 aromatic heterocycles. The molecule has 0 bridgehead atoms. The fraction of sp³-hybridized carbons (Fsp3) is 0.462. The van der Waals surface area contributed by atoms with Crippen LogP contribution in [-0.4, -0.2) is 10.9 Å². The summed E-state index contributed by atoms with van der Waals surface area (Å²) in [5.74, 6) is 0. The van der Waals surface area contributed by atoms with Gasteiger partial charge in [-0.05, 0) is 41.9 Å². The lowest BCUT2D eigenvalue weighted by Gasteiger charge is -2.38. The Labute approximate surface area is 99.8 Å². The number of benzene rings is 1. The summed E-state index contributed by atoms with van der Waals surface area (Å²) in [5.41, 5.74) is 1.62. The zero-order valence-corrected chi connectivity index (χ0v) is 10.3. The van der Waals surface area contributed by atoms with Gasteiger partial charge in [0.1, 0.15) is 5.00 Å². The molecule has 0 spiro atoms. The van der Waals surface area contributed by atoms with Crippen LogP contribution in [0.4, 0.5) is 5.00 Å². The lowest BCUT2D eigenvalue weighted by Crippen LogP contribution is -2.33. The van der Waals surface area contributed by atoms with Crippen LogP contribution in [0, 0.1) is 5.41 Å². The van der Waals surface area contributed by atoms with Crippen molar-refractivity contribution in [1.82, 2.24) is 4.37 Å². The molecule has 1 aliphatic rings. The Bertz CT molecular complexity index is 499. The Morgan fingerprint density at radius 2 is 2.19 bits per heavy atom. The van der Waals surface area contributed by atoms with Crippen molar-refractivity contribution in [2.75, 3.05) is 11.9 Å². The topological polar surface area (TPSA) is 24.9 Å². The maximum Gasteiger partial charge on any atom is 0.117 e. The van der Waals surface area contributed by atoms with E-state index in [0.717, 1.165) is 12.1 Å². The van der Waals surface area contributed by atoms with E-state index in [2.05, 4.69) is 34.8 Å². The van der Waals surface area contributed by atoms with Gasteiger partial charge in [-0.1, -0.05) is 25.5 Å². The van der Waals surface area contributed by atoms with E-state index in [4.69, 9.17) is 0 Å². The van der Waals surface area contributed by atoms with Gasteiger partial charge in [0.25, 0.3) is 0 Å². The van der Waals surface area contributed by atoms with Gasteiger partial charge in [-0.2, -0.15) is 4.37 Å². The predicted molar refractivity (Wildman–Crippen MR) is 70.1 cm³/mol.